The molecule has 17 heavy (non-hydrogen) atoms. The number of nitrogens with zero attached hydrogens (tertiary/aromatic N) is 2. The molecule has 0 spiro atoms. The van der Waals surface area contributed by atoms with Gasteiger partial charge in [0.1, 0.15) is 5.69 Å². The van der Waals surface area contributed by atoms with Gasteiger partial charge in [0.05, 0.1) is 7.11 Å². The predicted molar refractivity (Wildman–Crippen MR) is 70.8 cm³/mol. The van der Waals surface area contributed by atoms with Crippen LogP contribution in [0.4, 0.5) is 0 Å². The number of methoxy groups -OCH3 is 1. The van der Waals surface area contributed by atoms with Crippen molar-refractivity contribution >= 4 is 16.3 Å². The first-order valence-electron chi connectivity index (χ1n) is 5.67. The van der Waals surface area contributed by atoms with Crippen LogP contribution in [-0.2, 0) is 6.54 Å². The smallest absolute Gasteiger partial charge is 0.237 e. The Hall–Kier alpha value is -1.33. The highest BCUT2D eigenvalue weighted by Crippen LogP contribution is 2.22. The molecule has 0 atom stereocenters. The van der Waals surface area contributed by atoms with Crippen LogP contribution in [0, 0.1) is 0 Å². The molecule has 2 rings (SSSR count). The summed E-state index contributed by atoms with van der Waals surface area (Å²) in [6, 6.07) is 0. The van der Waals surface area contributed by atoms with Crippen LogP contribution in [0.1, 0.15) is 19.0 Å². The monoisotopic (exact) mass is 251 g/mol. The Kier molecular flexibility index (Phi) is 4.17. The molecule has 0 bridgehead atoms. The van der Waals surface area contributed by atoms with Crippen molar-refractivity contribution < 1.29 is 4.74 Å². The summed E-state index contributed by atoms with van der Waals surface area (Å²) < 4.78 is 7.36. The molecule has 0 radical (unpaired) electrons. The molecule has 2 aromatic rings. The van der Waals surface area contributed by atoms with Crippen LogP contribution in [0.25, 0.3) is 4.96 Å². The SMILES string of the molecule is C/C=C/CCNCc1c(OC)nc2sccn12. The van der Waals surface area contributed by atoms with Crippen LogP contribution in [0.5, 0.6) is 5.88 Å². The number of fused-ring (bicyclic) bond motifs is 1. The predicted octanol–water partition coefficient (Wildman–Crippen LogP) is 2.46. The topological polar surface area (TPSA) is 38.6 Å². The third kappa shape index (κ3) is 2.68. The number of ether oxygens (including phenoxy) is 1. The Balaban J connectivity index is 2.03. The Morgan fingerprint density at radius 1 is 1.59 bits per heavy atom. The summed E-state index contributed by atoms with van der Waals surface area (Å²) in [5.74, 6) is 0.718. The zero-order chi connectivity index (χ0) is 12.1. The highest BCUT2D eigenvalue weighted by atomic mass is 32.1. The van der Waals surface area contributed by atoms with Crippen LogP contribution in [0.2, 0.25) is 0 Å². The fourth-order valence-corrected chi connectivity index (χ4v) is 2.42. The summed E-state index contributed by atoms with van der Waals surface area (Å²) in [7, 11) is 1.66. The van der Waals surface area contributed by atoms with Crippen LogP contribution in [-0.4, -0.2) is 23.0 Å². The van der Waals surface area contributed by atoms with Crippen molar-refractivity contribution in [3.8, 4) is 5.88 Å². The van der Waals surface area contributed by atoms with Gasteiger partial charge in [0.15, 0.2) is 4.96 Å². The molecule has 0 amide bonds. The maximum atomic E-state index is 5.29. The van der Waals surface area contributed by atoms with Crippen molar-refractivity contribution in [2.75, 3.05) is 13.7 Å². The molecule has 2 aromatic heterocycles. The van der Waals surface area contributed by atoms with E-state index >= 15 is 0 Å². The molecule has 5 heteroatoms. The van der Waals surface area contributed by atoms with E-state index in [1.165, 1.54) is 0 Å². The number of imidazole rings is 1. The summed E-state index contributed by atoms with van der Waals surface area (Å²) in [5.41, 5.74) is 1.09. The van der Waals surface area contributed by atoms with Gasteiger partial charge in [0, 0.05) is 18.1 Å². The second kappa shape index (κ2) is 5.84. The first-order valence-corrected chi connectivity index (χ1v) is 6.55. The average molecular weight is 251 g/mol. The number of aromatic nitrogens is 2. The van der Waals surface area contributed by atoms with Gasteiger partial charge in [0.2, 0.25) is 5.88 Å². The minimum absolute atomic E-state index is 0.718. The minimum atomic E-state index is 0.718. The fourth-order valence-electron chi connectivity index (χ4n) is 1.70. The zero-order valence-corrected chi connectivity index (χ0v) is 11.0. The fraction of sp³-hybridized carbons (Fsp3) is 0.417. The van der Waals surface area contributed by atoms with Crippen LogP contribution < -0.4 is 10.1 Å². The second-order valence-corrected chi connectivity index (χ2v) is 4.53. The van der Waals surface area contributed by atoms with E-state index in [9.17, 15) is 0 Å². The van der Waals surface area contributed by atoms with Gasteiger partial charge < -0.3 is 10.1 Å². The highest BCUT2D eigenvalue weighted by molar-refractivity contribution is 7.15. The van der Waals surface area contributed by atoms with E-state index in [-0.39, 0.29) is 0 Å². The summed E-state index contributed by atoms with van der Waals surface area (Å²) in [6.45, 7) is 3.78. The first kappa shape index (κ1) is 12.1. The molecule has 1 N–H and O–H groups in total. The van der Waals surface area contributed by atoms with Gasteiger partial charge in [-0.15, -0.1) is 11.3 Å². The number of nitrogens with one attached hydrogen (secondary N) is 1. The minimum Gasteiger partial charge on any atom is -0.480 e. The lowest BCUT2D eigenvalue weighted by Gasteiger charge is -2.04. The summed E-state index contributed by atoms with van der Waals surface area (Å²) in [5, 5.41) is 5.42. The molecule has 0 aliphatic heterocycles. The van der Waals surface area contributed by atoms with E-state index in [4.69, 9.17) is 4.74 Å². The van der Waals surface area contributed by atoms with Gasteiger partial charge >= 0.3 is 0 Å². The van der Waals surface area contributed by atoms with Crippen molar-refractivity contribution in [3.63, 3.8) is 0 Å². The van der Waals surface area contributed by atoms with Crippen LogP contribution in [0.3, 0.4) is 0 Å². The molecule has 0 saturated heterocycles. The third-order valence-electron chi connectivity index (χ3n) is 2.53. The Labute approximate surface area is 105 Å². The largest absolute Gasteiger partial charge is 0.480 e. The van der Waals surface area contributed by atoms with Gasteiger partial charge in [-0.3, -0.25) is 4.40 Å². The quantitative estimate of drug-likeness (QED) is 0.633. The zero-order valence-electron chi connectivity index (χ0n) is 10.1. The molecule has 0 saturated carbocycles. The lowest BCUT2D eigenvalue weighted by molar-refractivity contribution is 0.393. The van der Waals surface area contributed by atoms with E-state index in [1.54, 1.807) is 18.4 Å². The Morgan fingerprint density at radius 2 is 2.47 bits per heavy atom. The molecule has 0 aliphatic rings. The number of hydrogen-bond donors (Lipinski definition) is 1. The van der Waals surface area contributed by atoms with Gasteiger partial charge in [-0.2, -0.15) is 4.98 Å². The van der Waals surface area contributed by atoms with E-state index in [0.717, 1.165) is 36.0 Å². The van der Waals surface area contributed by atoms with Crippen molar-refractivity contribution in [1.82, 2.24) is 14.7 Å². The average Bonchev–Trinajstić information content (AvgIpc) is 2.90. The molecule has 0 fully saturated rings. The molecule has 0 unspecified atom stereocenters. The standard InChI is InChI=1S/C12H17N3OS/c1-3-4-5-6-13-9-10-11(16-2)14-12-15(10)7-8-17-12/h3-4,7-8,13H,5-6,9H2,1-2H3/b4-3+. The number of allylic oxidation sites excluding steroid dienone is 1. The van der Waals surface area contributed by atoms with Gasteiger partial charge in [-0.25, -0.2) is 0 Å². The van der Waals surface area contributed by atoms with Crippen LogP contribution >= 0.6 is 11.3 Å². The highest BCUT2D eigenvalue weighted by Gasteiger charge is 2.12. The maximum Gasteiger partial charge on any atom is 0.237 e. The van der Waals surface area contributed by atoms with Gasteiger partial charge in [0.25, 0.3) is 0 Å². The number of hydrogen-bond acceptors (Lipinski definition) is 4. The van der Waals surface area contributed by atoms with E-state index < -0.39 is 0 Å². The summed E-state index contributed by atoms with van der Waals surface area (Å²) in [6.07, 6.45) is 7.29. The van der Waals surface area contributed by atoms with Crippen LogP contribution in [0.15, 0.2) is 23.7 Å². The van der Waals surface area contributed by atoms with Crippen molar-refractivity contribution in [2.45, 2.75) is 19.9 Å². The molecular weight excluding hydrogens is 234 g/mol. The molecular formula is C12H17N3OS. The molecule has 0 aromatic carbocycles. The first-order chi connectivity index (χ1) is 8.36. The summed E-state index contributed by atoms with van der Waals surface area (Å²) in [4.78, 5) is 5.39. The van der Waals surface area contributed by atoms with E-state index in [1.807, 2.05) is 18.5 Å². The second-order valence-electron chi connectivity index (χ2n) is 3.66. The lowest BCUT2D eigenvalue weighted by atomic mass is 10.3. The van der Waals surface area contributed by atoms with Gasteiger partial charge in [-0.05, 0) is 19.9 Å². The van der Waals surface area contributed by atoms with E-state index in [0.29, 0.717) is 0 Å². The molecule has 2 heterocycles. The number of rotatable bonds is 6. The summed E-state index contributed by atoms with van der Waals surface area (Å²) >= 11 is 1.62. The van der Waals surface area contributed by atoms with Crippen molar-refractivity contribution in [2.24, 2.45) is 0 Å². The number of thiazole rings is 1. The maximum absolute atomic E-state index is 5.29. The Bertz CT molecular complexity index is 501. The van der Waals surface area contributed by atoms with Crippen molar-refractivity contribution in [3.05, 3.63) is 29.4 Å². The third-order valence-corrected chi connectivity index (χ3v) is 3.29. The lowest BCUT2D eigenvalue weighted by Crippen LogP contribution is -2.15. The normalized spacial score (nSPS) is 11.6. The van der Waals surface area contributed by atoms with Gasteiger partial charge in [-0.1, -0.05) is 12.2 Å². The van der Waals surface area contributed by atoms with E-state index in [2.05, 4.69) is 26.9 Å². The van der Waals surface area contributed by atoms with Crippen molar-refractivity contribution in [1.29, 1.82) is 0 Å². The molecule has 92 valence electrons. The molecule has 4 nitrogen and oxygen atoms in total. The Morgan fingerprint density at radius 3 is 3.24 bits per heavy atom. The molecule has 0 aliphatic carbocycles.